The summed E-state index contributed by atoms with van der Waals surface area (Å²) >= 11 is 0. The topological polar surface area (TPSA) is 32.7 Å². The second-order valence-corrected chi connectivity index (χ2v) is 14.6. The lowest BCUT2D eigenvalue weighted by molar-refractivity contribution is -0.0649. The minimum atomic E-state index is -0.114. The van der Waals surface area contributed by atoms with Crippen LogP contribution in [-0.4, -0.2) is 46.9 Å². The van der Waals surface area contributed by atoms with Gasteiger partial charge in [-0.1, -0.05) is 70.6 Å². The van der Waals surface area contributed by atoms with Crippen molar-refractivity contribution in [2.75, 3.05) is 13.1 Å². The highest BCUT2D eigenvalue weighted by Crippen LogP contribution is 2.65. The number of aliphatic hydroxyl groups excluding tert-OH is 1. The molecule has 4 aliphatic carbocycles. The Bertz CT molecular complexity index is 923. The van der Waals surface area contributed by atoms with E-state index in [2.05, 4.69) is 45.6 Å². The summed E-state index contributed by atoms with van der Waals surface area (Å²) in [6.07, 6.45) is 19.1. The third-order valence-electron chi connectivity index (χ3n) is 12.6. The Morgan fingerprint density at radius 1 is 1.08 bits per heavy atom. The van der Waals surface area contributed by atoms with Crippen molar-refractivity contribution in [3.8, 4) is 0 Å². The molecule has 208 valence electrons. The molecule has 10 atom stereocenters. The van der Waals surface area contributed by atoms with Gasteiger partial charge in [0, 0.05) is 18.5 Å². The normalized spacial score (nSPS) is 47.5. The van der Waals surface area contributed by atoms with Crippen molar-refractivity contribution in [2.24, 2.45) is 35.0 Å². The largest absolute Gasteiger partial charge is 0.393 e. The van der Waals surface area contributed by atoms with Crippen LogP contribution in [0.2, 0.25) is 0 Å². The van der Waals surface area contributed by atoms with Crippen LogP contribution < -0.4 is 0 Å². The van der Waals surface area contributed by atoms with Gasteiger partial charge in [-0.25, -0.2) is 0 Å². The Morgan fingerprint density at radius 2 is 1.89 bits per heavy atom. The summed E-state index contributed by atoms with van der Waals surface area (Å²) in [5.74, 6) is 3.67. The second kappa shape index (κ2) is 10.1. The number of allylic oxidation sites excluding steroid dienone is 2. The number of aliphatic hydroxyl groups is 1. The van der Waals surface area contributed by atoms with Gasteiger partial charge in [0.2, 0.25) is 0 Å². The lowest BCUT2D eigenvalue weighted by atomic mass is 9.56. The fourth-order valence-electron chi connectivity index (χ4n) is 10.6. The van der Waals surface area contributed by atoms with E-state index in [1.54, 1.807) is 16.7 Å². The first-order valence-electron chi connectivity index (χ1n) is 16.3. The SMILES string of the molecule is CCCCCCCN1C[C@@H](C)C[C@H]2O[C@]3(CC[C@@H]4C(=C3C)C[C@H]3[C@H]4CC=C4C[C@@H](O)CC[C@@]43C)[C@H](C)C21. The summed E-state index contributed by atoms with van der Waals surface area (Å²) in [6, 6.07) is 0.601. The van der Waals surface area contributed by atoms with Gasteiger partial charge in [-0.15, -0.1) is 0 Å². The Labute approximate surface area is 227 Å². The van der Waals surface area contributed by atoms with Gasteiger partial charge in [-0.3, -0.25) is 4.90 Å². The van der Waals surface area contributed by atoms with E-state index in [-0.39, 0.29) is 11.7 Å². The van der Waals surface area contributed by atoms with Gasteiger partial charge in [0.1, 0.15) is 0 Å². The van der Waals surface area contributed by atoms with Crippen molar-refractivity contribution < 1.29 is 9.84 Å². The molecule has 1 spiro atoms. The number of unbranched alkanes of at least 4 members (excludes halogenated alkanes) is 4. The zero-order valence-corrected chi connectivity index (χ0v) is 24.6. The van der Waals surface area contributed by atoms with Crippen molar-refractivity contribution >= 4 is 0 Å². The summed E-state index contributed by atoms with van der Waals surface area (Å²) in [5, 5.41) is 10.4. The fraction of sp³-hybridized carbons (Fsp3) is 0.882. The number of rotatable bonds is 6. The number of likely N-dealkylation sites (tertiary alicyclic amines) is 1. The third-order valence-corrected chi connectivity index (χ3v) is 12.6. The van der Waals surface area contributed by atoms with E-state index in [0.717, 1.165) is 36.5 Å². The molecule has 37 heavy (non-hydrogen) atoms. The third kappa shape index (κ3) is 4.24. The van der Waals surface area contributed by atoms with Crippen LogP contribution in [0.3, 0.4) is 0 Å². The minimum absolute atomic E-state index is 0.0287. The highest BCUT2D eigenvalue weighted by atomic mass is 16.5. The molecule has 0 aromatic heterocycles. The van der Waals surface area contributed by atoms with Crippen molar-refractivity contribution in [1.29, 1.82) is 0 Å². The summed E-state index contributed by atoms with van der Waals surface area (Å²) in [7, 11) is 0. The molecular weight excluding hydrogens is 454 g/mol. The van der Waals surface area contributed by atoms with Crippen LogP contribution in [-0.2, 0) is 4.74 Å². The lowest BCUT2D eigenvalue weighted by Gasteiger charge is -2.49. The molecule has 1 N–H and O–H groups in total. The zero-order chi connectivity index (χ0) is 25.9. The first kappa shape index (κ1) is 26.6. The van der Waals surface area contributed by atoms with Crippen molar-refractivity contribution in [1.82, 2.24) is 4.90 Å². The number of ether oxygens (including phenoxy) is 1. The summed E-state index contributed by atoms with van der Waals surface area (Å²) in [5.41, 5.74) is 5.31. The van der Waals surface area contributed by atoms with Crippen LogP contribution in [0.4, 0.5) is 0 Å². The van der Waals surface area contributed by atoms with Crippen LogP contribution >= 0.6 is 0 Å². The van der Waals surface area contributed by atoms with E-state index in [9.17, 15) is 5.11 Å². The van der Waals surface area contributed by atoms with E-state index >= 15 is 0 Å². The molecule has 1 unspecified atom stereocenters. The van der Waals surface area contributed by atoms with E-state index in [1.807, 2.05) is 0 Å². The highest BCUT2D eigenvalue weighted by Gasteiger charge is 2.61. The van der Waals surface area contributed by atoms with Gasteiger partial charge in [0.15, 0.2) is 0 Å². The molecule has 0 aromatic carbocycles. The lowest BCUT2D eigenvalue weighted by Crippen LogP contribution is -2.52. The van der Waals surface area contributed by atoms with E-state index in [0.29, 0.717) is 23.5 Å². The van der Waals surface area contributed by atoms with Crippen molar-refractivity contribution in [3.63, 3.8) is 0 Å². The number of hydrogen-bond donors (Lipinski definition) is 1. The molecular formula is C34H55NO2. The maximum Gasteiger partial charge on any atom is 0.0937 e. The Balaban J connectivity index is 1.24. The Hall–Kier alpha value is -0.640. The van der Waals surface area contributed by atoms with Crippen LogP contribution in [0.25, 0.3) is 0 Å². The number of hydrogen-bond acceptors (Lipinski definition) is 3. The number of piperidine rings is 1. The monoisotopic (exact) mass is 509 g/mol. The molecule has 4 fully saturated rings. The van der Waals surface area contributed by atoms with Crippen LogP contribution in [0.15, 0.2) is 22.8 Å². The Morgan fingerprint density at radius 3 is 2.70 bits per heavy atom. The molecule has 6 rings (SSSR count). The quantitative estimate of drug-likeness (QED) is 0.294. The summed E-state index contributed by atoms with van der Waals surface area (Å²) in [4.78, 5) is 2.87. The molecule has 2 saturated carbocycles. The summed E-state index contributed by atoms with van der Waals surface area (Å²) in [6.45, 7) is 14.9. The molecule has 3 nitrogen and oxygen atoms in total. The molecule has 0 bridgehead atoms. The molecule has 0 radical (unpaired) electrons. The smallest absolute Gasteiger partial charge is 0.0937 e. The molecule has 2 heterocycles. The predicted octanol–water partition coefficient (Wildman–Crippen LogP) is 7.68. The highest BCUT2D eigenvalue weighted by molar-refractivity contribution is 5.38. The average Bonchev–Trinajstić information content (AvgIpc) is 3.39. The zero-order valence-electron chi connectivity index (χ0n) is 24.6. The average molecular weight is 510 g/mol. The van der Waals surface area contributed by atoms with Crippen molar-refractivity contribution in [3.05, 3.63) is 22.8 Å². The van der Waals surface area contributed by atoms with E-state index in [4.69, 9.17) is 4.74 Å². The molecule has 2 saturated heterocycles. The fourth-order valence-corrected chi connectivity index (χ4v) is 10.6. The van der Waals surface area contributed by atoms with Crippen LogP contribution in [0, 0.1) is 35.0 Å². The van der Waals surface area contributed by atoms with Gasteiger partial charge < -0.3 is 9.84 Å². The first-order chi connectivity index (χ1) is 17.8. The van der Waals surface area contributed by atoms with Gasteiger partial charge in [0.25, 0.3) is 0 Å². The van der Waals surface area contributed by atoms with E-state index in [1.165, 1.54) is 83.7 Å². The maximum absolute atomic E-state index is 10.4. The predicted molar refractivity (Wildman–Crippen MR) is 152 cm³/mol. The van der Waals surface area contributed by atoms with Crippen molar-refractivity contribution in [2.45, 2.75) is 142 Å². The summed E-state index contributed by atoms with van der Waals surface area (Å²) < 4.78 is 7.33. The van der Waals surface area contributed by atoms with Gasteiger partial charge in [-0.2, -0.15) is 0 Å². The first-order valence-corrected chi connectivity index (χ1v) is 16.3. The molecule has 2 aliphatic heterocycles. The Kier molecular flexibility index (Phi) is 7.24. The van der Waals surface area contributed by atoms with Gasteiger partial charge in [-0.05, 0) is 106 Å². The maximum atomic E-state index is 10.4. The number of nitrogens with zero attached hydrogens (tertiary/aromatic N) is 1. The number of fused-ring (bicyclic) bond motifs is 6. The van der Waals surface area contributed by atoms with Gasteiger partial charge in [0.05, 0.1) is 17.8 Å². The minimum Gasteiger partial charge on any atom is -0.393 e. The molecule has 6 aliphatic rings. The standard InChI is InChI=1S/C34H55NO2/c1-6-7-8-9-10-17-35-21-22(2)18-31-32(35)24(4)34(37-31)16-14-27-28-12-11-25-19-26(36)13-15-33(25,5)30(28)20-29(27)23(34)3/h11,22,24,26-28,30-32,36H,6-10,12-21H2,1-5H3/t22-,24+,26-,27-,28-,30-,31+,32?,33-,34-/m0/s1. The molecule has 0 aromatic rings. The van der Waals surface area contributed by atoms with Gasteiger partial charge >= 0.3 is 0 Å². The van der Waals surface area contributed by atoms with E-state index < -0.39 is 0 Å². The molecule has 3 heteroatoms. The van der Waals surface area contributed by atoms with Crippen LogP contribution in [0.5, 0.6) is 0 Å². The van der Waals surface area contributed by atoms with Crippen LogP contribution in [0.1, 0.15) is 118 Å². The molecule has 0 amide bonds. The second-order valence-electron chi connectivity index (χ2n) is 14.6.